The molecule has 0 amide bonds. The number of carboxylic acids is 1. The molecule has 2 rings (SSSR count). The first-order valence-corrected chi connectivity index (χ1v) is 4.67. The third-order valence-corrected chi connectivity index (χ3v) is 2.60. The number of aryl methyl sites for hydroxylation is 2. The number of nitrogens with one attached hydrogen (secondary N) is 1. The van der Waals surface area contributed by atoms with E-state index in [9.17, 15) is 4.79 Å². The summed E-state index contributed by atoms with van der Waals surface area (Å²) >= 11 is 0. The van der Waals surface area contributed by atoms with E-state index < -0.39 is 12.0 Å². The van der Waals surface area contributed by atoms with Gasteiger partial charge in [-0.3, -0.25) is 0 Å². The Morgan fingerprint density at radius 3 is 2.86 bits per heavy atom. The molecule has 0 fully saturated rings. The van der Waals surface area contributed by atoms with Crippen LogP contribution >= 0.6 is 0 Å². The molecule has 1 heterocycles. The molecule has 14 heavy (non-hydrogen) atoms. The molecule has 74 valence electrons. The van der Waals surface area contributed by atoms with Gasteiger partial charge in [0, 0.05) is 12.1 Å². The normalized spacial score (nSPS) is 18.9. The summed E-state index contributed by atoms with van der Waals surface area (Å²) in [7, 11) is 0. The van der Waals surface area contributed by atoms with Crippen molar-refractivity contribution in [3.63, 3.8) is 0 Å². The molecule has 0 spiro atoms. The van der Waals surface area contributed by atoms with Gasteiger partial charge in [-0.1, -0.05) is 17.7 Å². The first-order valence-electron chi connectivity index (χ1n) is 4.67. The minimum atomic E-state index is -0.779. The number of benzene rings is 1. The number of aliphatic carboxylic acids is 1. The lowest BCUT2D eigenvalue weighted by Crippen LogP contribution is -2.26. The number of rotatable bonds is 1. The van der Waals surface area contributed by atoms with E-state index in [1.165, 1.54) is 5.56 Å². The van der Waals surface area contributed by atoms with Crippen molar-refractivity contribution in [2.75, 3.05) is 5.32 Å². The summed E-state index contributed by atoms with van der Waals surface area (Å²) in [6.07, 6.45) is 0.590. The smallest absolute Gasteiger partial charge is 0.326 e. The Labute approximate surface area is 82.8 Å². The number of carbonyl (C=O) groups is 1. The zero-order valence-corrected chi connectivity index (χ0v) is 8.29. The number of hydrogen-bond acceptors (Lipinski definition) is 2. The van der Waals surface area contributed by atoms with Gasteiger partial charge in [-0.15, -0.1) is 0 Å². The fourth-order valence-corrected chi connectivity index (χ4v) is 2.02. The van der Waals surface area contributed by atoms with Crippen LogP contribution < -0.4 is 5.32 Å². The van der Waals surface area contributed by atoms with Gasteiger partial charge in [0.25, 0.3) is 0 Å². The molecular formula is C11H13NO2. The highest BCUT2D eigenvalue weighted by molar-refractivity contribution is 5.82. The third-order valence-electron chi connectivity index (χ3n) is 2.60. The summed E-state index contributed by atoms with van der Waals surface area (Å²) in [6.45, 7) is 4.03. The van der Waals surface area contributed by atoms with Crippen LogP contribution in [0.15, 0.2) is 12.1 Å². The predicted octanol–water partition coefficient (Wildman–Crippen LogP) is 1.72. The molecule has 3 nitrogen and oxygen atoms in total. The van der Waals surface area contributed by atoms with Gasteiger partial charge in [0.15, 0.2) is 0 Å². The highest BCUT2D eigenvalue weighted by Gasteiger charge is 2.27. The van der Waals surface area contributed by atoms with Crippen molar-refractivity contribution < 1.29 is 9.90 Å². The molecule has 0 saturated heterocycles. The SMILES string of the molecule is Cc1cc(C)c2c(c1)C[C@@H](C(=O)O)N2. The lowest BCUT2D eigenvalue weighted by atomic mass is 10.0. The molecule has 1 aromatic rings. The average molecular weight is 191 g/mol. The van der Waals surface area contributed by atoms with E-state index in [0.717, 1.165) is 16.8 Å². The van der Waals surface area contributed by atoms with Crippen LogP contribution in [0.4, 0.5) is 5.69 Å². The van der Waals surface area contributed by atoms with Gasteiger partial charge in [-0.25, -0.2) is 4.79 Å². The van der Waals surface area contributed by atoms with Gasteiger partial charge in [0.2, 0.25) is 0 Å². The van der Waals surface area contributed by atoms with Gasteiger partial charge in [-0.05, 0) is 25.0 Å². The van der Waals surface area contributed by atoms with Gasteiger partial charge < -0.3 is 10.4 Å². The number of anilines is 1. The van der Waals surface area contributed by atoms with Crippen LogP contribution in [0.1, 0.15) is 16.7 Å². The summed E-state index contributed by atoms with van der Waals surface area (Å²) in [5.41, 5.74) is 4.44. The van der Waals surface area contributed by atoms with Gasteiger partial charge >= 0.3 is 5.97 Å². The summed E-state index contributed by atoms with van der Waals surface area (Å²) in [5.74, 6) is -0.779. The Bertz CT molecular complexity index is 399. The Kier molecular flexibility index (Phi) is 1.95. The lowest BCUT2D eigenvalue weighted by Gasteiger charge is -2.07. The minimum Gasteiger partial charge on any atom is -0.480 e. The molecule has 0 bridgehead atoms. The van der Waals surface area contributed by atoms with Crippen LogP contribution in [0, 0.1) is 13.8 Å². The van der Waals surface area contributed by atoms with Crippen molar-refractivity contribution in [1.29, 1.82) is 0 Å². The molecule has 0 saturated carbocycles. The van der Waals surface area contributed by atoms with Crippen LogP contribution in [0.3, 0.4) is 0 Å². The summed E-state index contributed by atoms with van der Waals surface area (Å²) in [5, 5.41) is 11.9. The minimum absolute atomic E-state index is 0.453. The van der Waals surface area contributed by atoms with Crippen molar-refractivity contribution in [2.24, 2.45) is 0 Å². The van der Waals surface area contributed by atoms with E-state index >= 15 is 0 Å². The highest BCUT2D eigenvalue weighted by Crippen LogP contribution is 2.30. The second kappa shape index (κ2) is 3.01. The summed E-state index contributed by atoms with van der Waals surface area (Å²) < 4.78 is 0. The Balaban J connectivity index is 2.39. The Morgan fingerprint density at radius 1 is 1.50 bits per heavy atom. The van der Waals surface area contributed by atoms with Crippen molar-refractivity contribution in [3.05, 3.63) is 28.8 Å². The van der Waals surface area contributed by atoms with E-state index in [0.29, 0.717) is 6.42 Å². The predicted molar refractivity (Wildman–Crippen MR) is 54.7 cm³/mol. The molecule has 0 radical (unpaired) electrons. The molecule has 0 aromatic heterocycles. The lowest BCUT2D eigenvalue weighted by molar-refractivity contribution is -0.137. The Hall–Kier alpha value is -1.51. The fourth-order valence-electron chi connectivity index (χ4n) is 2.02. The average Bonchev–Trinajstić information content (AvgIpc) is 2.47. The summed E-state index contributed by atoms with van der Waals surface area (Å²) in [6, 6.07) is 3.67. The molecule has 1 aliphatic heterocycles. The molecule has 1 aromatic carbocycles. The fraction of sp³-hybridized carbons (Fsp3) is 0.364. The Morgan fingerprint density at radius 2 is 2.21 bits per heavy atom. The van der Waals surface area contributed by atoms with Crippen LogP contribution in [-0.4, -0.2) is 17.1 Å². The van der Waals surface area contributed by atoms with Crippen LogP contribution in [0.25, 0.3) is 0 Å². The standard InChI is InChI=1S/C11H13NO2/c1-6-3-7(2)10-8(4-6)5-9(12-10)11(13)14/h3-4,9,12H,5H2,1-2H3,(H,13,14)/t9-/m0/s1. The molecular weight excluding hydrogens is 178 g/mol. The van der Waals surface area contributed by atoms with E-state index in [4.69, 9.17) is 5.11 Å². The van der Waals surface area contributed by atoms with E-state index in [-0.39, 0.29) is 0 Å². The van der Waals surface area contributed by atoms with Crippen LogP contribution in [0.2, 0.25) is 0 Å². The van der Waals surface area contributed by atoms with Crippen LogP contribution in [-0.2, 0) is 11.2 Å². The maximum Gasteiger partial charge on any atom is 0.326 e. The topological polar surface area (TPSA) is 49.3 Å². The van der Waals surface area contributed by atoms with E-state index in [2.05, 4.69) is 17.4 Å². The van der Waals surface area contributed by atoms with Crippen molar-refractivity contribution in [1.82, 2.24) is 0 Å². The number of carboxylic acid groups (broad SMARTS) is 1. The second-order valence-corrected chi connectivity index (χ2v) is 3.86. The van der Waals surface area contributed by atoms with Gasteiger partial charge in [0.1, 0.15) is 6.04 Å². The molecule has 2 N–H and O–H groups in total. The van der Waals surface area contributed by atoms with E-state index in [1.807, 2.05) is 13.8 Å². The van der Waals surface area contributed by atoms with Crippen molar-refractivity contribution >= 4 is 11.7 Å². The number of fused-ring (bicyclic) bond motifs is 1. The second-order valence-electron chi connectivity index (χ2n) is 3.86. The first-order chi connectivity index (χ1) is 6.58. The molecule has 1 aliphatic rings. The monoisotopic (exact) mass is 191 g/mol. The maximum absolute atomic E-state index is 10.8. The summed E-state index contributed by atoms with van der Waals surface area (Å²) in [4.78, 5) is 10.8. The highest BCUT2D eigenvalue weighted by atomic mass is 16.4. The zero-order valence-electron chi connectivity index (χ0n) is 8.29. The van der Waals surface area contributed by atoms with Crippen molar-refractivity contribution in [2.45, 2.75) is 26.3 Å². The molecule has 0 unspecified atom stereocenters. The van der Waals surface area contributed by atoms with Gasteiger partial charge in [-0.2, -0.15) is 0 Å². The quantitative estimate of drug-likeness (QED) is 0.710. The first kappa shape index (κ1) is 9.06. The molecule has 3 heteroatoms. The van der Waals surface area contributed by atoms with Crippen LogP contribution in [0.5, 0.6) is 0 Å². The largest absolute Gasteiger partial charge is 0.480 e. The number of hydrogen-bond donors (Lipinski definition) is 2. The molecule has 0 aliphatic carbocycles. The van der Waals surface area contributed by atoms with Crippen molar-refractivity contribution in [3.8, 4) is 0 Å². The van der Waals surface area contributed by atoms with E-state index in [1.54, 1.807) is 0 Å². The maximum atomic E-state index is 10.8. The van der Waals surface area contributed by atoms with Gasteiger partial charge in [0.05, 0.1) is 0 Å². The third kappa shape index (κ3) is 1.35. The zero-order chi connectivity index (χ0) is 10.3. The molecule has 1 atom stereocenters.